The molecular formula is C12H18FN. The zero-order chi connectivity index (χ0) is 10.8. The van der Waals surface area contributed by atoms with Crippen molar-refractivity contribution in [3.8, 4) is 0 Å². The summed E-state index contributed by atoms with van der Waals surface area (Å²) in [6.45, 7) is 6.28. The van der Waals surface area contributed by atoms with E-state index in [-0.39, 0.29) is 12.0 Å². The van der Waals surface area contributed by atoms with Gasteiger partial charge in [0.25, 0.3) is 0 Å². The van der Waals surface area contributed by atoms with Crippen LogP contribution in [0.15, 0.2) is 24.3 Å². The Balaban J connectivity index is 3.16. The Morgan fingerprint density at radius 2 is 1.86 bits per heavy atom. The summed E-state index contributed by atoms with van der Waals surface area (Å²) < 4.78 is 13.5. The number of rotatable bonds is 2. The van der Waals surface area contributed by atoms with Crippen LogP contribution in [0.2, 0.25) is 0 Å². The fraction of sp³-hybridized carbons (Fsp3) is 0.500. The Kier molecular flexibility index (Phi) is 3.27. The molecule has 0 amide bonds. The number of hydrogen-bond donors (Lipinski definition) is 1. The average Bonchev–Trinajstić information content (AvgIpc) is 2.15. The lowest BCUT2D eigenvalue weighted by Gasteiger charge is -2.24. The zero-order valence-corrected chi connectivity index (χ0v) is 9.05. The van der Waals surface area contributed by atoms with Crippen LogP contribution in [0.4, 0.5) is 4.39 Å². The molecule has 0 aliphatic heterocycles. The first kappa shape index (κ1) is 11.2. The van der Waals surface area contributed by atoms with Gasteiger partial charge in [-0.05, 0) is 16.5 Å². The second-order valence-electron chi connectivity index (χ2n) is 4.54. The molecule has 1 rings (SSSR count). The molecule has 1 aromatic rings. The average molecular weight is 195 g/mol. The van der Waals surface area contributed by atoms with E-state index in [9.17, 15) is 4.39 Å². The van der Waals surface area contributed by atoms with E-state index in [1.807, 2.05) is 24.3 Å². The van der Waals surface area contributed by atoms with Crippen LogP contribution in [0.3, 0.4) is 0 Å². The Labute approximate surface area is 85.1 Å². The lowest BCUT2D eigenvalue weighted by molar-refractivity contribution is 0.346. The Bertz CT molecular complexity index is 301. The van der Waals surface area contributed by atoms with Gasteiger partial charge in [-0.15, -0.1) is 0 Å². The van der Waals surface area contributed by atoms with Gasteiger partial charge in [-0.2, -0.15) is 0 Å². The summed E-state index contributed by atoms with van der Waals surface area (Å²) in [5.41, 5.74) is 7.07. The second-order valence-corrected chi connectivity index (χ2v) is 4.54. The second kappa shape index (κ2) is 4.09. The molecule has 14 heavy (non-hydrogen) atoms. The predicted molar refractivity (Wildman–Crippen MR) is 58.0 cm³/mol. The minimum Gasteiger partial charge on any atom is -0.327 e. The van der Waals surface area contributed by atoms with Crippen LogP contribution < -0.4 is 5.73 Å². The lowest BCUT2D eigenvalue weighted by atomic mass is 9.82. The molecule has 1 nitrogen and oxygen atoms in total. The topological polar surface area (TPSA) is 26.0 Å². The van der Waals surface area contributed by atoms with E-state index in [1.165, 1.54) is 0 Å². The number of benzene rings is 1. The highest BCUT2D eigenvalue weighted by Crippen LogP contribution is 2.30. The van der Waals surface area contributed by atoms with Gasteiger partial charge in [0.1, 0.15) is 6.17 Å². The molecule has 0 aromatic heterocycles. The van der Waals surface area contributed by atoms with Crippen molar-refractivity contribution in [2.45, 2.75) is 32.4 Å². The van der Waals surface area contributed by atoms with E-state index in [0.29, 0.717) is 0 Å². The van der Waals surface area contributed by atoms with Crippen LogP contribution >= 0.6 is 0 Å². The van der Waals surface area contributed by atoms with Crippen molar-refractivity contribution in [3.63, 3.8) is 0 Å². The minimum absolute atomic E-state index is 0.0316. The third kappa shape index (κ3) is 2.32. The first-order valence-corrected chi connectivity index (χ1v) is 4.90. The maximum Gasteiger partial charge on any atom is 0.138 e. The first-order valence-electron chi connectivity index (χ1n) is 4.90. The summed E-state index contributed by atoms with van der Waals surface area (Å²) in [5.74, 6) is 0. The molecule has 0 radical (unpaired) electrons. The molecule has 1 atom stereocenters. The van der Waals surface area contributed by atoms with E-state index >= 15 is 0 Å². The summed E-state index contributed by atoms with van der Waals surface area (Å²) in [7, 11) is 0. The van der Waals surface area contributed by atoms with E-state index in [0.717, 1.165) is 11.1 Å². The number of hydrogen-bond acceptors (Lipinski definition) is 1. The van der Waals surface area contributed by atoms with Crippen LogP contribution in [0.1, 0.15) is 38.1 Å². The van der Waals surface area contributed by atoms with Gasteiger partial charge in [-0.3, -0.25) is 0 Å². The van der Waals surface area contributed by atoms with E-state index < -0.39 is 6.17 Å². The van der Waals surface area contributed by atoms with Crippen LogP contribution in [0.25, 0.3) is 0 Å². The van der Waals surface area contributed by atoms with Crippen molar-refractivity contribution in [1.29, 1.82) is 0 Å². The van der Waals surface area contributed by atoms with Crippen LogP contribution in [-0.4, -0.2) is 6.54 Å². The van der Waals surface area contributed by atoms with E-state index in [2.05, 4.69) is 20.8 Å². The third-order valence-corrected chi connectivity index (χ3v) is 2.31. The van der Waals surface area contributed by atoms with Gasteiger partial charge in [0, 0.05) is 6.54 Å². The molecule has 0 saturated carbocycles. The maximum atomic E-state index is 13.5. The highest BCUT2D eigenvalue weighted by Gasteiger charge is 2.21. The van der Waals surface area contributed by atoms with Crippen molar-refractivity contribution in [3.05, 3.63) is 35.4 Å². The summed E-state index contributed by atoms with van der Waals surface area (Å²) in [6.07, 6.45) is -1.05. The molecule has 1 unspecified atom stereocenters. The molecule has 0 aliphatic carbocycles. The van der Waals surface area contributed by atoms with Gasteiger partial charge in [0.2, 0.25) is 0 Å². The molecular weight excluding hydrogens is 177 g/mol. The highest BCUT2D eigenvalue weighted by atomic mass is 19.1. The maximum absolute atomic E-state index is 13.5. The van der Waals surface area contributed by atoms with Gasteiger partial charge in [0.15, 0.2) is 0 Å². The first-order chi connectivity index (χ1) is 6.46. The van der Waals surface area contributed by atoms with E-state index in [1.54, 1.807) is 0 Å². The normalized spacial score (nSPS) is 14.1. The van der Waals surface area contributed by atoms with Crippen molar-refractivity contribution in [2.75, 3.05) is 6.54 Å². The molecule has 0 saturated heterocycles. The van der Waals surface area contributed by atoms with Crippen molar-refractivity contribution in [2.24, 2.45) is 5.73 Å². The predicted octanol–water partition coefficient (Wildman–Crippen LogP) is 2.95. The highest BCUT2D eigenvalue weighted by molar-refractivity contribution is 5.34. The molecule has 78 valence electrons. The minimum atomic E-state index is -1.05. The smallest absolute Gasteiger partial charge is 0.138 e. The molecule has 2 N–H and O–H groups in total. The summed E-state index contributed by atoms with van der Waals surface area (Å²) in [5, 5.41) is 0. The molecule has 0 spiro atoms. The van der Waals surface area contributed by atoms with Gasteiger partial charge in [-0.25, -0.2) is 4.39 Å². The Hall–Kier alpha value is -0.890. The zero-order valence-electron chi connectivity index (χ0n) is 9.05. The number of alkyl halides is 1. The largest absolute Gasteiger partial charge is 0.327 e. The molecule has 0 bridgehead atoms. The molecule has 0 heterocycles. The van der Waals surface area contributed by atoms with Gasteiger partial charge < -0.3 is 5.73 Å². The Morgan fingerprint density at radius 3 is 2.36 bits per heavy atom. The molecule has 0 aliphatic rings. The van der Waals surface area contributed by atoms with Gasteiger partial charge in [-0.1, -0.05) is 45.0 Å². The molecule has 1 aromatic carbocycles. The molecule has 0 fully saturated rings. The van der Waals surface area contributed by atoms with Crippen LogP contribution in [0.5, 0.6) is 0 Å². The number of halogens is 1. The van der Waals surface area contributed by atoms with Gasteiger partial charge >= 0.3 is 0 Å². The van der Waals surface area contributed by atoms with Crippen molar-refractivity contribution in [1.82, 2.24) is 0 Å². The fourth-order valence-electron chi connectivity index (χ4n) is 1.58. The number of nitrogens with two attached hydrogens (primary N) is 1. The molecule has 2 heteroatoms. The fourth-order valence-corrected chi connectivity index (χ4v) is 1.58. The summed E-state index contributed by atoms with van der Waals surface area (Å²) >= 11 is 0. The Morgan fingerprint density at radius 1 is 1.29 bits per heavy atom. The van der Waals surface area contributed by atoms with Crippen LogP contribution in [0, 0.1) is 0 Å². The third-order valence-electron chi connectivity index (χ3n) is 2.31. The summed E-state index contributed by atoms with van der Waals surface area (Å²) in [4.78, 5) is 0. The standard InChI is InChI=1S/C12H18FN/c1-12(2,3)10-7-5-4-6-9(10)11(13)8-14/h4-7,11H,8,14H2,1-3H3. The summed E-state index contributed by atoms with van der Waals surface area (Å²) in [6, 6.07) is 7.58. The quantitative estimate of drug-likeness (QED) is 0.771. The van der Waals surface area contributed by atoms with Crippen molar-refractivity contribution >= 4 is 0 Å². The van der Waals surface area contributed by atoms with Crippen molar-refractivity contribution < 1.29 is 4.39 Å². The van der Waals surface area contributed by atoms with Gasteiger partial charge in [0.05, 0.1) is 0 Å². The van der Waals surface area contributed by atoms with E-state index in [4.69, 9.17) is 5.73 Å². The monoisotopic (exact) mass is 195 g/mol. The lowest BCUT2D eigenvalue weighted by Crippen LogP contribution is -2.17. The van der Waals surface area contributed by atoms with Crippen LogP contribution in [-0.2, 0) is 5.41 Å². The SMILES string of the molecule is CC(C)(C)c1ccccc1C(F)CN.